The molecule has 1 atom stereocenters. The van der Waals surface area contributed by atoms with Crippen LogP contribution in [-0.4, -0.2) is 4.92 Å². The maximum absolute atomic E-state index is 14.0. The predicted molar refractivity (Wildman–Crippen MR) is 89.4 cm³/mol. The molecule has 0 bridgehead atoms. The van der Waals surface area contributed by atoms with Crippen molar-refractivity contribution in [2.24, 2.45) is 0 Å². The maximum Gasteiger partial charge on any atom is 0.272 e. The van der Waals surface area contributed by atoms with Crippen molar-refractivity contribution in [3.05, 3.63) is 53.5 Å². The van der Waals surface area contributed by atoms with E-state index in [-0.39, 0.29) is 11.7 Å². The highest BCUT2D eigenvalue weighted by molar-refractivity contribution is 14.1. The number of fused-ring (bicyclic) bond motifs is 1. The molecule has 7 heteroatoms. The first kappa shape index (κ1) is 14.7. The molecule has 1 aliphatic rings. The number of hydrogen-bond donors (Lipinski definition) is 1. The molecule has 0 amide bonds. The number of thiophene rings is 1. The number of anilines is 1. The summed E-state index contributed by atoms with van der Waals surface area (Å²) in [5.41, 5.74) is 1.32. The van der Waals surface area contributed by atoms with Crippen LogP contribution in [0, 0.1) is 18.8 Å². The lowest BCUT2D eigenvalue weighted by molar-refractivity contribution is -0.385. The molecule has 3 rings (SSSR count). The second-order valence-electron chi connectivity index (χ2n) is 4.94. The van der Waals surface area contributed by atoms with Crippen LogP contribution in [0.3, 0.4) is 0 Å². The topological polar surface area (TPSA) is 55.2 Å². The van der Waals surface area contributed by atoms with Gasteiger partial charge in [0.15, 0.2) is 5.82 Å². The van der Waals surface area contributed by atoms with Crippen LogP contribution < -0.4 is 5.32 Å². The molecule has 0 spiro atoms. The van der Waals surface area contributed by atoms with Crippen LogP contribution >= 0.6 is 33.9 Å². The van der Waals surface area contributed by atoms with E-state index in [1.807, 2.05) is 0 Å². The molecule has 0 fully saturated rings. The molecule has 1 aromatic carbocycles. The number of nitrogens with zero attached hydrogens (tertiary/aromatic N) is 1. The number of non-ortho nitro benzene ring substituents is 1. The highest BCUT2D eigenvalue weighted by Crippen LogP contribution is 2.38. The van der Waals surface area contributed by atoms with Gasteiger partial charge in [-0.25, -0.2) is 4.39 Å². The van der Waals surface area contributed by atoms with E-state index in [1.165, 1.54) is 25.5 Å². The minimum atomic E-state index is -0.590. The summed E-state index contributed by atoms with van der Waals surface area (Å²) in [5.74, 6) is -0.582. The Morgan fingerprint density at radius 3 is 2.95 bits per heavy atom. The summed E-state index contributed by atoms with van der Waals surface area (Å²) in [6.45, 7) is 0. The van der Waals surface area contributed by atoms with Gasteiger partial charge >= 0.3 is 0 Å². The lowest BCUT2D eigenvalue weighted by atomic mass is 9.94. The Kier molecular flexibility index (Phi) is 4.12. The average Bonchev–Trinajstić information content (AvgIpc) is 2.82. The number of rotatable bonds is 3. The molecular formula is C14H12FIN2O2S. The molecule has 0 aliphatic heterocycles. The van der Waals surface area contributed by atoms with Gasteiger partial charge in [0, 0.05) is 10.9 Å². The fraction of sp³-hybridized carbons (Fsp3) is 0.286. The van der Waals surface area contributed by atoms with Crippen molar-refractivity contribution in [2.75, 3.05) is 5.32 Å². The Bertz CT molecular complexity index is 704. The van der Waals surface area contributed by atoms with Crippen molar-refractivity contribution in [3.8, 4) is 0 Å². The Morgan fingerprint density at radius 2 is 2.24 bits per heavy atom. The minimum Gasteiger partial charge on any atom is -0.376 e. The van der Waals surface area contributed by atoms with E-state index in [4.69, 9.17) is 0 Å². The van der Waals surface area contributed by atoms with E-state index in [1.54, 1.807) is 11.3 Å². The van der Waals surface area contributed by atoms with Gasteiger partial charge in [0.25, 0.3) is 5.69 Å². The van der Waals surface area contributed by atoms with Crippen LogP contribution in [0.1, 0.15) is 29.3 Å². The van der Waals surface area contributed by atoms with Crippen LogP contribution in [0.5, 0.6) is 0 Å². The molecular weight excluding hydrogens is 406 g/mol. The zero-order valence-corrected chi connectivity index (χ0v) is 13.9. The Balaban J connectivity index is 1.86. The Hall–Kier alpha value is -1.22. The summed E-state index contributed by atoms with van der Waals surface area (Å²) < 4.78 is 15.2. The smallest absolute Gasteiger partial charge is 0.272 e. The molecule has 1 aliphatic carbocycles. The van der Waals surface area contributed by atoms with Gasteiger partial charge in [-0.15, -0.1) is 11.3 Å². The molecule has 110 valence electrons. The Labute approximate surface area is 138 Å². The monoisotopic (exact) mass is 418 g/mol. The molecule has 0 radical (unpaired) electrons. The molecule has 4 nitrogen and oxygen atoms in total. The number of nitro benzene ring substituents is 1. The molecule has 0 saturated heterocycles. The first-order chi connectivity index (χ1) is 10.0. The van der Waals surface area contributed by atoms with Crippen molar-refractivity contribution in [1.29, 1.82) is 0 Å². The summed E-state index contributed by atoms with van der Waals surface area (Å²) >= 11 is 4.08. The summed E-state index contributed by atoms with van der Waals surface area (Å²) in [6.07, 6.45) is 3.08. The third-order valence-corrected chi connectivity index (χ3v) is 5.55. The van der Waals surface area contributed by atoms with E-state index >= 15 is 0 Å². The predicted octanol–water partition coefficient (Wildman–Crippen LogP) is 4.89. The first-order valence-corrected chi connectivity index (χ1v) is 8.42. The highest BCUT2D eigenvalue weighted by atomic mass is 127. The lowest BCUT2D eigenvalue weighted by Gasteiger charge is -2.24. The molecule has 0 saturated carbocycles. The second kappa shape index (κ2) is 5.88. The number of aryl methyl sites for hydroxylation is 1. The van der Waals surface area contributed by atoms with Gasteiger partial charge in [0.05, 0.1) is 25.6 Å². The van der Waals surface area contributed by atoms with Gasteiger partial charge < -0.3 is 5.32 Å². The van der Waals surface area contributed by atoms with Gasteiger partial charge in [-0.1, -0.05) is 0 Å². The van der Waals surface area contributed by atoms with Crippen molar-refractivity contribution in [1.82, 2.24) is 0 Å². The van der Waals surface area contributed by atoms with Crippen LogP contribution in [0.2, 0.25) is 0 Å². The zero-order valence-electron chi connectivity index (χ0n) is 10.9. The Morgan fingerprint density at radius 1 is 1.43 bits per heavy atom. The van der Waals surface area contributed by atoms with Crippen molar-refractivity contribution in [3.63, 3.8) is 0 Å². The van der Waals surface area contributed by atoms with Crippen LogP contribution in [0.25, 0.3) is 0 Å². The lowest BCUT2D eigenvalue weighted by Crippen LogP contribution is -2.16. The minimum absolute atomic E-state index is 0.0736. The average molecular weight is 418 g/mol. The molecule has 2 aromatic rings. The maximum atomic E-state index is 14.0. The van der Waals surface area contributed by atoms with Crippen LogP contribution in [-0.2, 0) is 6.42 Å². The molecule has 1 unspecified atom stereocenters. The fourth-order valence-electron chi connectivity index (χ4n) is 2.59. The van der Waals surface area contributed by atoms with E-state index in [0.717, 1.165) is 25.3 Å². The van der Waals surface area contributed by atoms with Crippen molar-refractivity contribution >= 4 is 45.3 Å². The van der Waals surface area contributed by atoms with Gasteiger partial charge in [0.2, 0.25) is 0 Å². The number of nitrogens with one attached hydrogen (secondary N) is 1. The summed E-state index contributed by atoms with van der Waals surface area (Å²) in [5, 5.41) is 13.8. The van der Waals surface area contributed by atoms with E-state index in [9.17, 15) is 14.5 Å². The van der Waals surface area contributed by atoms with Crippen LogP contribution in [0.4, 0.5) is 15.8 Å². The molecule has 1 heterocycles. The summed E-state index contributed by atoms with van der Waals surface area (Å²) in [6, 6.07) is 5.94. The van der Waals surface area contributed by atoms with Crippen molar-refractivity contribution in [2.45, 2.75) is 25.3 Å². The first-order valence-electron chi connectivity index (χ1n) is 6.53. The SMILES string of the molecule is O=[N+]([O-])c1ccc(NC2CCCc3sc(I)cc32)c(F)c1. The quantitative estimate of drug-likeness (QED) is 0.439. The number of hydrogen-bond acceptors (Lipinski definition) is 4. The normalized spacial score (nSPS) is 17.3. The summed E-state index contributed by atoms with van der Waals surface area (Å²) in [7, 11) is 0. The third kappa shape index (κ3) is 3.03. The van der Waals surface area contributed by atoms with Crippen molar-refractivity contribution < 1.29 is 9.31 Å². The zero-order chi connectivity index (χ0) is 15.0. The molecule has 1 aromatic heterocycles. The van der Waals surface area contributed by atoms with E-state index in [2.05, 4.69) is 34.0 Å². The van der Waals surface area contributed by atoms with Gasteiger partial charge in [-0.3, -0.25) is 10.1 Å². The number of nitro groups is 1. The van der Waals surface area contributed by atoms with Gasteiger partial charge in [-0.2, -0.15) is 0 Å². The summed E-state index contributed by atoms with van der Waals surface area (Å²) in [4.78, 5) is 11.4. The highest BCUT2D eigenvalue weighted by Gasteiger charge is 2.23. The van der Waals surface area contributed by atoms with Crippen LogP contribution in [0.15, 0.2) is 24.3 Å². The number of benzene rings is 1. The fourth-order valence-corrected chi connectivity index (χ4v) is 4.71. The second-order valence-corrected chi connectivity index (χ2v) is 7.97. The largest absolute Gasteiger partial charge is 0.376 e. The third-order valence-electron chi connectivity index (χ3n) is 3.58. The number of halogens is 2. The van der Waals surface area contributed by atoms with E-state index in [0.29, 0.717) is 5.69 Å². The van der Waals surface area contributed by atoms with Gasteiger partial charge in [-0.05, 0) is 59.5 Å². The standard InChI is InChI=1S/C14H12FIN2O2S/c15-10-6-8(18(19)20)4-5-12(10)17-11-2-1-3-13-9(11)7-14(16)21-13/h4-7,11,17H,1-3H2. The molecule has 21 heavy (non-hydrogen) atoms. The van der Waals surface area contributed by atoms with Gasteiger partial charge in [0.1, 0.15) is 0 Å². The van der Waals surface area contributed by atoms with E-state index < -0.39 is 10.7 Å². The molecule has 1 N–H and O–H groups in total.